The minimum atomic E-state index is -0.233. The Morgan fingerprint density at radius 3 is 2.94 bits per heavy atom. The van der Waals surface area contributed by atoms with Crippen LogP contribution in [0.15, 0.2) is 43.1 Å². The van der Waals surface area contributed by atoms with Crippen LogP contribution in [0.4, 0.5) is 0 Å². The molecule has 2 aromatic heterocycles. The van der Waals surface area contributed by atoms with Gasteiger partial charge in [-0.15, -0.1) is 6.58 Å². The lowest BCUT2D eigenvalue weighted by Gasteiger charge is -2.23. The van der Waals surface area contributed by atoms with E-state index in [0.717, 1.165) is 36.6 Å². The Morgan fingerprint density at radius 2 is 2.14 bits per heavy atom. The Morgan fingerprint density at radius 1 is 1.26 bits per heavy atom. The fraction of sp³-hybridized carbons (Fsp3) is 0.500. The van der Waals surface area contributed by atoms with Gasteiger partial charge in [0.05, 0.1) is 30.5 Å². The first kappa shape index (κ1) is 25.1. The van der Waals surface area contributed by atoms with Gasteiger partial charge in [-0.05, 0) is 63.8 Å². The number of ether oxygens (including phenoxy) is 4. The summed E-state index contributed by atoms with van der Waals surface area (Å²) in [5.74, 6) is 0.170. The molecule has 1 fully saturated rings. The van der Waals surface area contributed by atoms with E-state index in [0.29, 0.717) is 37.8 Å². The molecule has 9 heteroatoms. The molecule has 0 amide bonds. The summed E-state index contributed by atoms with van der Waals surface area (Å²) in [5, 5.41) is 15.8. The van der Waals surface area contributed by atoms with Crippen molar-refractivity contribution in [2.45, 2.75) is 58.0 Å². The smallest absolute Gasteiger partial charge is 0.317 e. The van der Waals surface area contributed by atoms with Gasteiger partial charge in [0.2, 0.25) is 0 Å². The average molecular weight is 483 g/mol. The van der Waals surface area contributed by atoms with Gasteiger partial charge in [-0.3, -0.25) is 0 Å². The molecule has 0 radical (unpaired) electrons. The fourth-order valence-corrected chi connectivity index (χ4v) is 4.01. The quantitative estimate of drug-likeness (QED) is 0.294. The second-order valence-corrected chi connectivity index (χ2v) is 8.76. The molecule has 9 nitrogen and oxygen atoms in total. The summed E-state index contributed by atoms with van der Waals surface area (Å²) in [4.78, 5) is 8.86. The van der Waals surface area contributed by atoms with E-state index in [2.05, 4.69) is 16.5 Å². The van der Waals surface area contributed by atoms with Crippen molar-refractivity contribution in [1.29, 1.82) is 0 Å². The highest BCUT2D eigenvalue weighted by molar-refractivity contribution is 5.93. The molecule has 1 aliphatic rings. The summed E-state index contributed by atoms with van der Waals surface area (Å²) in [6, 6.07) is 7.26. The van der Waals surface area contributed by atoms with Crippen LogP contribution in [0.25, 0.3) is 22.3 Å². The average Bonchev–Trinajstić information content (AvgIpc) is 3.24. The van der Waals surface area contributed by atoms with E-state index in [1.165, 1.54) is 0 Å². The van der Waals surface area contributed by atoms with Gasteiger partial charge >= 0.3 is 6.01 Å². The molecule has 4 rings (SSSR count). The Hall–Kier alpha value is -3.01. The van der Waals surface area contributed by atoms with Gasteiger partial charge in [-0.2, -0.15) is 10.1 Å². The predicted octanol–water partition coefficient (Wildman–Crippen LogP) is 4.66. The molecule has 1 N–H and O–H groups in total. The maximum atomic E-state index is 10.1. The van der Waals surface area contributed by atoms with Crippen molar-refractivity contribution in [2.24, 2.45) is 0 Å². The lowest BCUT2D eigenvalue weighted by atomic mass is 10.1. The Kier molecular flexibility index (Phi) is 8.68. The number of phenolic OH excluding ortho intramolecular Hbond substituents is 1. The van der Waals surface area contributed by atoms with Gasteiger partial charge in [0.1, 0.15) is 17.5 Å². The third-order valence-corrected chi connectivity index (χ3v) is 5.82. The second kappa shape index (κ2) is 12.1. The third-order valence-electron chi connectivity index (χ3n) is 5.82. The molecular formula is C26H34N4O5. The maximum Gasteiger partial charge on any atom is 0.317 e. The van der Waals surface area contributed by atoms with Crippen LogP contribution < -0.4 is 4.74 Å². The first-order valence-electron chi connectivity index (χ1n) is 12.2. The van der Waals surface area contributed by atoms with Crippen LogP contribution in [-0.4, -0.2) is 63.5 Å². The Bertz CT molecular complexity index is 1110. The van der Waals surface area contributed by atoms with E-state index in [1.807, 2.05) is 24.6 Å². The number of aromatic nitrogens is 4. The van der Waals surface area contributed by atoms with Crippen LogP contribution in [-0.2, 0) is 14.2 Å². The van der Waals surface area contributed by atoms with E-state index < -0.39 is 0 Å². The van der Waals surface area contributed by atoms with E-state index in [4.69, 9.17) is 24.0 Å². The van der Waals surface area contributed by atoms with E-state index >= 15 is 0 Å². The number of benzene rings is 1. The second-order valence-electron chi connectivity index (χ2n) is 8.76. The van der Waals surface area contributed by atoms with Crippen LogP contribution >= 0.6 is 0 Å². The third kappa shape index (κ3) is 6.56. The van der Waals surface area contributed by atoms with Crippen molar-refractivity contribution in [2.75, 3.05) is 26.4 Å². The molecule has 0 spiro atoms. The number of hydrogen-bond donors (Lipinski definition) is 1. The molecule has 3 atom stereocenters. The molecule has 1 saturated heterocycles. The van der Waals surface area contributed by atoms with E-state index in [9.17, 15) is 5.11 Å². The Balaban J connectivity index is 1.44. The highest BCUT2D eigenvalue weighted by Crippen LogP contribution is 2.34. The van der Waals surface area contributed by atoms with Gasteiger partial charge in [0.25, 0.3) is 0 Å². The number of nitrogens with zero attached hydrogens (tertiary/aromatic N) is 4. The van der Waals surface area contributed by atoms with Crippen LogP contribution in [0.3, 0.4) is 0 Å². The minimum Gasteiger partial charge on any atom is -0.508 e. The topological polar surface area (TPSA) is 101 Å². The molecule has 0 aliphatic carbocycles. The highest BCUT2D eigenvalue weighted by Gasteiger charge is 2.23. The minimum absolute atomic E-state index is 0.109. The number of fused-ring (bicyclic) bond motifs is 1. The molecule has 188 valence electrons. The molecule has 1 aromatic carbocycles. The number of hydrogen-bond acceptors (Lipinski definition) is 8. The molecule has 3 unspecified atom stereocenters. The zero-order valence-electron chi connectivity index (χ0n) is 20.4. The summed E-state index contributed by atoms with van der Waals surface area (Å²) in [6.45, 7) is 9.81. The van der Waals surface area contributed by atoms with Crippen LogP contribution in [0.2, 0.25) is 0 Å². The molecule has 3 heterocycles. The largest absolute Gasteiger partial charge is 0.508 e. The maximum absolute atomic E-state index is 10.1. The summed E-state index contributed by atoms with van der Waals surface area (Å²) >= 11 is 0. The monoisotopic (exact) mass is 482 g/mol. The van der Waals surface area contributed by atoms with Crippen LogP contribution in [0, 0.1) is 0 Å². The lowest BCUT2D eigenvalue weighted by Crippen LogP contribution is -2.22. The first-order chi connectivity index (χ1) is 17.0. The number of phenols is 1. The fourth-order valence-electron chi connectivity index (χ4n) is 4.01. The highest BCUT2D eigenvalue weighted by atomic mass is 16.5. The molecule has 3 aromatic rings. The summed E-state index contributed by atoms with van der Waals surface area (Å²) in [7, 11) is 0. The van der Waals surface area contributed by atoms with Gasteiger partial charge in [-0.25, -0.2) is 9.67 Å². The van der Waals surface area contributed by atoms with Gasteiger partial charge in [0, 0.05) is 24.8 Å². The van der Waals surface area contributed by atoms with Crippen LogP contribution in [0.1, 0.15) is 45.8 Å². The summed E-state index contributed by atoms with van der Waals surface area (Å²) < 4.78 is 25.0. The van der Waals surface area contributed by atoms with Crippen molar-refractivity contribution in [1.82, 2.24) is 19.7 Å². The van der Waals surface area contributed by atoms with Crippen molar-refractivity contribution in [3.05, 3.63) is 43.1 Å². The van der Waals surface area contributed by atoms with Crippen LogP contribution in [0.5, 0.6) is 11.8 Å². The number of aromatic hydroxyl groups is 1. The predicted molar refractivity (Wildman–Crippen MR) is 132 cm³/mol. The SMILES string of the molecule is C=CCOC(C)CCOCC(C)Oc1nccc(-c2nn(C3CCCCO3)c3ccc(O)cc23)n1. The first-order valence-corrected chi connectivity index (χ1v) is 12.2. The molecule has 0 bridgehead atoms. The number of rotatable bonds is 12. The van der Waals surface area contributed by atoms with Crippen molar-refractivity contribution >= 4 is 10.9 Å². The van der Waals surface area contributed by atoms with Gasteiger partial charge < -0.3 is 24.1 Å². The molecule has 0 saturated carbocycles. The lowest BCUT2D eigenvalue weighted by molar-refractivity contribution is -0.0365. The van der Waals surface area contributed by atoms with Crippen molar-refractivity contribution in [3.63, 3.8) is 0 Å². The Labute approximate surface area is 205 Å². The van der Waals surface area contributed by atoms with Crippen molar-refractivity contribution in [3.8, 4) is 23.1 Å². The standard InChI is InChI=1S/C26H34N4O5/c1-4-13-33-18(2)11-15-32-17-19(3)35-26-27-12-10-22(28-26)25-21-16-20(31)8-9-23(21)30(29-25)24-7-5-6-14-34-24/h4,8-10,12,16,18-19,24,31H,1,5-7,11,13-15,17H2,2-3H3. The zero-order chi connectivity index (χ0) is 24.6. The molecule has 1 aliphatic heterocycles. The van der Waals surface area contributed by atoms with E-state index in [1.54, 1.807) is 30.5 Å². The molecule has 35 heavy (non-hydrogen) atoms. The normalized spacial score (nSPS) is 17.8. The summed E-state index contributed by atoms with van der Waals surface area (Å²) in [5.41, 5.74) is 2.15. The van der Waals surface area contributed by atoms with Crippen molar-refractivity contribution < 1.29 is 24.1 Å². The molecular weight excluding hydrogens is 448 g/mol. The van der Waals surface area contributed by atoms with Gasteiger partial charge in [0.15, 0.2) is 6.23 Å². The summed E-state index contributed by atoms with van der Waals surface area (Å²) in [6.07, 6.45) is 6.96. The zero-order valence-corrected chi connectivity index (χ0v) is 20.4. The van der Waals surface area contributed by atoms with E-state index in [-0.39, 0.29) is 30.2 Å². The van der Waals surface area contributed by atoms with Gasteiger partial charge in [-0.1, -0.05) is 6.08 Å².